The average molecular weight is 338 g/mol. The Balaban J connectivity index is 1.73. The molecule has 0 bridgehead atoms. The van der Waals surface area contributed by atoms with Crippen LogP contribution in [0.3, 0.4) is 0 Å². The van der Waals surface area contributed by atoms with Crippen LogP contribution < -0.4 is 10.6 Å². The van der Waals surface area contributed by atoms with E-state index in [0.29, 0.717) is 25.3 Å². The second-order valence-corrected chi connectivity index (χ2v) is 6.05. The predicted octanol–water partition coefficient (Wildman–Crippen LogP) is 2.73. The first-order valence-corrected chi connectivity index (χ1v) is 8.33. The SMILES string of the molecule is NCc1ccc(-c2ccc3ncc(N4CCOCC4)nc3c2)c(F)c1. The highest BCUT2D eigenvalue weighted by Gasteiger charge is 2.14. The summed E-state index contributed by atoms with van der Waals surface area (Å²) >= 11 is 0. The zero-order valence-corrected chi connectivity index (χ0v) is 13.8. The highest BCUT2D eigenvalue weighted by atomic mass is 19.1. The third-order valence-electron chi connectivity index (χ3n) is 4.44. The van der Waals surface area contributed by atoms with Crippen LogP contribution in [0, 0.1) is 5.82 Å². The largest absolute Gasteiger partial charge is 0.378 e. The fourth-order valence-corrected chi connectivity index (χ4v) is 3.03. The van der Waals surface area contributed by atoms with E-state index in [4.69, 9.17) is 15.5 Å². The summed E-state index contributed by atoms with van der Waals surface area (Å²) in [6.07, 6.45) is 1.78. The molecule has 2 aromatic carbocycles. The van der Waals surface area contributed by atoms with Crippen LogP contribution in [0.4, 0.5) is 10.2 Å². The Bertz CT molecular complexity index is 909. The molecular weight excluding hydrogens is 319 g/mol. The van der Waals surface area contributed by atoms with Crippen LogP contribution in [-0.2, 0) is 11.3 Å². The van der Waals surface area contributed by atoms with Gasteiger partial charge in [-0.1, -0.05) is 18.2 Å². The van der Waals surface area contributed by atoms with E-state index in [1.807, 2.05) is 24.3 Å². The first-order valence-electron chi connectivity index (χ1n) is 8.33. The number of ether oxygens (including phenoxy) is 1. The van der Waals surface area contributed by atoms with Gasteiger partial charge in [-0.15, -0.1) is 0 Å². The molecule has 2 N–H and O–H groups in total. The Kier molecular flexibility index (Phi) is 4.29. The summed E-state index contributed by atoms with van der Waals surface area (Å²) in [5, 5.41) is 0. The third-order valence-corrected chi connectivity index (χ3v) is 4.44. The minimum Gasteiger partial charge on any atom is -0.378 e. The monoisotopic (exact) mass is 338 g/mol. The number of hydrogen-bond acceptors (Lipinski definition) is 5. The quantitative estimate of drug-likeness (QED) is 0.795. The van der Waals surface area contributed by atoms with Crippen LogP contribution in [0.5, 0.6) is 0 Å². The lowest BCUT2D eigenvalue weighted by molar-refractivity contribution is 0.122. The molecule has 128 valence electrons. The van der Waals surface area contributed by atoms with Crippen molar-refractivity contribution in [2.24, 2.45) is 5.73 Å². The van der Waals surface area contributed by atoms with Crippen LogP contribution >= 0.6 is 0 Å². The number of rotatable bonds is 3. The van der Waals surface area contributed by atoms with Crippen LogP contribution in [-0.4, -0.2) is 36.3 Å². The van der Waals surface area contributed by atoms with Gasteiger partial charge in [0.05, 0.1) is 30.4 Å². The summed E-state index contributed by atoms with van der Waals surface area (Å²) < 4.78 is 19.8. The fraction of sp³-hybridized carbons (Fsp3) is 0.263. The maximum absolute atomic E-state index is 14.4. The minimum absolute atomic E-state index is 0.278. The molecule has 1 aliphatic heterocycles. The molecule has 0 aliphatic carbocycles. The summed E-state index contributed by atoms with van der Waals surface area (Å²) in [5.74, 6) is 0.548. The molecule has 1 aromatic heterocycles. The molecular formula is C19H19FN4O. The first-order chi connectivity index (χ1) is 12.2. The summed E-state index contributed by atoms with van der Waals surface area (Å²) in [4.78, 5) is 11.4. The molecule has 6 heteroatoms. The van der Waals surface area contributed by atoms with Crippen molar-refractivity contribution in [2.45, 2.75) is 6.54 Å². The Hall–Kier alpha value is -2.57. The van der Waals surface area contributed by atoms with Crippen LogP contribution in [0.1, 0.15) is 5.56 Å². The Labute approximate surface area is 145 Å². The number of benzene rings is 2. The first kappa shape index (κ1) is 15.9. The Morgan fingerprint density at radius 3 is 2.68 bits per heavy atom. The van der Waals surface area contributed by atoms with E-state index in [1.54, 1.807) is 12.3 Å². The van der Waals surface area contributed by atoms with Gasteiger partial charge in [-0.2, -0.15) is 0 Å². The molecule has 0 spiro atoms. The Morgan fingerprint density at radius 2 is 1.92 bits per heavy atom. The Morgan fingerprint density at radius 1 is 1.08 bits per heavy atom. The number of anilines is 1. The van der Waals surface area contributed by atoms with Gasteiger partial charge < -0.3 is 15.4 Å². The molecule has 2 heterocycles. The lowest BCUT2D eigenvalue weighted by atomic mass is 10.0. The second-order valence-electron chi connectivity index (χ2n) is 6.05. The number of fused-ring (bicyclic) bond motifs is 1. The molecule has 1 saturated heterocycles. The number of nitrogens with zero attached hydrogens (tertiary/aromatic N) is 3. The van der Waals surface area contributed by atoms with Crippen molar-refractivity contribution >= 4 is 16.9 Å². The summed E-state index contributed by atoms with van der Waals surface area (Å²) in [5.41, 5.74) is 9.21. The molecule has 0 unspecified atom stereocenters. The van der Waals surface area contributed by atoms with Gasteiger partial charge in [0.2, 0.25) is 0 Å². The van der Waals surface area contributed by atoms with Crippen LogP contribution in [0.2, 0.25) is 0 Å². The van der Waals surface area contributed by atoms with Gasteiger partial charge in [0.1, 0.15) is 11.6 Å². The molecule has 4 rings (SSSR count). The fourth-order valence-electron chi connectivity index (χ4n) is 3.03. The van der Waals surface area contributed by atoms with Gasteiger partial charge in [0, 0.05) is 25.2 Å². The molecule has 0 amide bonds. The number of hydrogen-bond donors (Lipinski definition) is 1. The van der Waals surface area contributed by atoms with Crippen molar-refractivity contribution in [2.75, 3.05) is 31.2 Å². The highest BCUT2D eigenvalue weighted by molar-refractivity contribution is 5.82. The summed E-state index contributed by atoms with van der Waals surface area (Å²) in [6, 6.07) is 10.7. The van der Waals surface area contributed by atoms with Crippen LogP contribution in [0.15, 0.2) is 42.6 Å². The minimum atomic E-state index is -0.278. The van der Waals surface area contributed by atoms with E-state index < -0.39 is 0 Å². The molecule has 0 saturated carbocycles. The van der Waals surface area contributed by atoms with Crippen molar-refractivity contribution in [3.05, 3.63) is 54.0 Å². The molecule has 1 aliphatic rings. The van der Waals surface area contributed by atoms with Gasteiger partial charge >= 0.3 is 0 Å². The molecule has 0 radical (unpaired) electrons. The van der Waals surface area contributed by atoms with E-state index in [0.717, 1.165) is 41.1 Å². The van der Waals surface area contributed by atoms with E-state index in [1.165, 1.54) is 6.07 Å². The highest BCUT2D eigenvalue weighted by Crippen LogP contribution is 2.27. The molecule has 1 fully saturated rings. The molecule has 5 nitrogen and oxygen atoms in total. The van der Waals surface area contributed by atoms with E-state index >= 15 is 0 Å². The third kappa shape index (κ3) is 3.18. The lowest BCUT2D eigenvalue weighted by Gasteiger charge is -2.27. The second kappa shape index (κ2) is 6.74. The maximum atomic E-state index is 14.4. The van der Waals surface area contributed by atoms with Crippen molar-refractivity contribution in [1.82, 2.24) is 9.97 Å². The van der Waals surface area contributed by atoms with Crippen molar-refractivity contribution < 1.29 is 9.13 Å². The topological polar surface area (TPSA) is 64.3 Å². The van der Waals surface area contributed by atoms with Crippen molar-refractivity contribution in [3.8, 4) is 11.1 Å². The van der Waals surface area contributed by atoms with Gasteiger partial charge in [0.25, 0.3) is 0 Å². The number of aromatic nitrogens is 2. The van der Waals surface area contributed by atoms with Gasteiger partial charge in [-0.25, -0.2) is 9.37 Å². The number of nitrogens with two attached hydrogens (primary N) is 1. The zero-order chi connectivity index (χ0) is 17.2. The lowest BCUT2D eigenvalue weighted by Crippen LogP contribution is -2.36. The number of halogens is 1. The smallest absolute Gasteiger partial charge is 0.148 e. The summed E-state index contributed by atoms with van der Waals surface area (Å²) in [7, 11) is 0. The zero-order valence-electron chi connectivity index (χ0n) is 13.8. The van der Waals surface area contributed by atoms with E-state index in [2.05, 4.69) is 9.88 Å². The average Bonchev–Trinajstić information content (AvgIpc) is 2.67. The van der Waals surface area contributed by atoms with Gasteiger partial charge in [-0.05, 0) is 29.3 Å². The predicted molar refractivity (Wildman–Crippen MR) is 95.9 cm³/mol. The maximum Gasteiger partial charge on any atom is 0.148 e. The molecule has 3 aromatic rings. The van der Waals surface area contributed by atoms with Crippen LogP contribution in [0.25, 0.3) is 22.2 Å². The van der Waals surface area contributed by atoms with Gasteiger partial charge in [-0.3, -0.25) is 4.98 Å². The molecule has 25 heavy (non-hydrogen) atoms. The van der Waals surface area contributed by atoms with Crippen molar-refractivity contribution in [1.29, 1.82) is 0 Å². The van der Waals surface area contributed by atoms with Crippen molar-refractivity contribution in [3.63, 3.8) is 0 Å². The van der Waals surface area contributed by atoms with E-state index in [9.17, 15) is 4.39 Å². The normalized spacial score (nSPS) is 14.9. The number of morpholine rings is 1. The molecule has 0 atom stereocenters. The van der Waals surface area contributed by atoms with E-state index in [-0.39, 0.29) is 5.82 Å². The summed E-state index contributed by atoms with van der Waals surface area (Å²) in [6.45, 7) is 3.31. The van der Waals surface area contributed by atoms with Gasteiger partial charge in [0.15, 0.2) is 0 Å². The standard InChI is InChI=1S/C19H19FN4O/c20-16-9-13(11-21)1-3-15(16)14-2-4-17-18(10-14)23-19(12-22-17)24-5-7-25-8-6-24/h1-4,9-10,12H,5-8,11,21H2.